The number of anilines is 1. The van der Waals surface area contributed by atoms with E-state index in [1.807, 2.05) is 13.0 Å². The standard InChI is InChI=1S/C21H23BrN2O5S/c1-15-12-17(8-9-19(15)22)23-20(25)14-29-21(26)16-6-5-7-18(13-16)30(27,28)24-10-3-2-4-11-24/h5-9,12-13H,2-4,10-11,14H2,1H3,(H,23,25). The van der Waals surface area contributed by atoms with Crippen LogP contribution in [0.1, 0.15) is 35.2 Å². The number of aryl methyl sites for hydroxylation is 1. The van der Waals surface area contributed by atoms with Crippen LogP contribution in [0.5, 0.6) is 0 Å². The maximum Gasteiger partial charge on any atom is 0.338 e. The van der Waals surface area contributed by atoms with Crippen LogP contribution < -0.4 is 5.32 Å². The first-order valence-corrected chi connectivity index (χ1v) is 11.8. The highest BCUT2D eigenvalue weighted by Crippen LogP contribution is 2.22. The number of ether oxygens (including phenoxy) is 1. The van der Waals surface area contributed by atoms with Crippen molar-refractivity contribution in [3.8, 4) is 0 Å². The zero-order valence-corrected chi connectivity index (χ0v) is 19.0. The number of hydrogen-bond donors (Lipinski definition) is 1. The number of esters is 1. The van der Waals surface area contributed by atoms with Crippen LogP contribution in [0, 0.1) is 6.92 Å². The van der Waals surface area contributed by atoms with E-state index in [9.17, 15) is 18.0 Å². The molecule has 1 amide bonds. The molecule has 160 valence electrons. The van der Waals surface area contributed by atoms with Crippen molar-refractivity contribution in [2.75, 3.05) is 25.0 Å². The van der Waals surface area contributed by atoms with E-state index >= 15 is 0 Å². The fraction of sp³-hybridized carbons (Fsp3) is 0.333. The second-order valence-corrected chi connectivity index (χ2v) is 9.87. The molecule has 2 aromatic carbocycles. The molecule has 0 spiro atoms. The molecule has 2 aromatic rings. The topological polar surface area (TPSA) is 92.8 Å². The molecular formula is C21H23BrN2O5S. The summed E-state index contributed by atoms with van der Waals surface area (Å²) in [6.07, 6.45) is 2.67. The Balaban J connectivity index is 1.62. The monoisotopic (exact) mass is 494 g/mol. The van der Waals surface area contributed by atoms with Gasteiger partial charge in [-0.15, -0.1) is 0 Å². The highest BCUT2D eigenvalue weighted by molar-refractivity contribution is 9.10. The van der Waals surface area contributed by atoms with Crippen LogP contribution in [0.25, 0.3) is 0 Å². The quantitative estimate of drug-likeness (QED) is 0.617. The van der Waals surface area contributed by atoms with Crippen LogP contribution in [0.4, 0.5) is 5.69 Å². The lowest BCUT2D eigenvalue weighted by molar-refractivity contribution is -0.119. The number of amides is 1. The van der Waals surface area contributed by atoms with Gasteiger partial charge in [0.25, 0.3) is 5.91 Å². The number of carbonyl (C=O) groups excluding carboxylic acids is 2. The minimum Gasteiger partial charge on any atom is -0.452 e. The molecule has 1 N–H and O–H groups in total. The molecule has 1 fully saturated rings. The van der Waals surface area contributed by atoms with Gasteiger partial charge >= 0.3 is 5.97 Å². The highest BCUT2D eigenvalue weighted by atomic mass is 79.9. The van der Waals surface area contributed by atoms with Crippen molar-refractivity contribution >= 4 is 43.5 Å². The maximum absolute atomic E-state index is 12.8. The van der Waals surface area contributed by atoms with Gasteiger partial charge in [0.05, 0.1) is 10.5 Å². The van der Waals surface area contributed by atoms with Gasteiger partial charge in [0.15, 0.2) is 6.61 Å². The molecule has 7 nitrogen and oxygen atoms in total. The summed E-state index contributed by atoms with van der Waals surface area (Å²) >= 11 is 3.39. The van der Waals surface area contributed by atoms with Crippen LogP contribution in [0.2, 0.25) is 0 Å². The van der Waals surface area contributed by atoms with Gasteiger partial charge in [-0.3, -0.25) is 4.79 Å². The molecule has 0 bridgehead atoms. The van der Waals surface area contributed by atoms with E-state index in [2.05, 4.69) is 21.2 Å². The molecule has 1 aliphatic rings. The van der Waals surface area contributed by atoms with E-state index in [1.54, 1.807) is 12.1 Å². The average Bonchev–Trinajstić information content (AvgIpc) is 2.75. The molecule has 9 heteroatoms. The zero-order chi connectivity index (χ0) is 21.7. The van der Waals surface area contributed by atoms with Crippen molar-refractivity contribution in [2.24, 2.45) is 0 Å². The normalized spacial score (nSPS) is 14.9. The van der Waals surface area contributed by atoms with Gasteiger partial charge in [0, 0.05) is 23.2 Å². The summed E-state index contributed by atoms with van der Waals surface area (Å²) in [5.41, 5.74) is 1.63. The molecule has 0 unspecified atom stereocenters. The number of benzene rings is 2. The summed E-state index contributed by atoms with van der Waals surface area (Å²) < 4.78 is 33.0. The molecule has 0 aromatic heterocycles. The van der Waals surface area contributed by atoms with Gasteiger partial charge in [-0.25, -0.2) is 13.2 Å². The van der Waals surface area contributed by atoms with Crippen molar-refractivity contribution in [3.05, 3.63) is 58.1 Å². The summed E-state index contributed by atoms with van der Waals surface area (Å²) in [4.78, 5) is 24.5. The second kappa shape index (κ2) is 9.72. The first-order chi connectivity index (χ1) is 14.3. The van der Waals surface area contributed by atoms with Gasteiger partial charge < -0.3 is 10.1 Å². The van der Waals surface area contributed by atoms with Crippen LogP contribution in [-0.4, -0.2) is 44.3 Å². The number of carbonyl (C=O) groups is 2. The van der Waals surface area contributed by atoms with Crippen LogP contribution in [0.3, 0.4) is 0 Å². The van der Waals surface area contributed by atoms with E-state index < -0.39 is 28.5 Å². The van der Waals surface area contributed by atoms with Crippen LogP contribution >= 0.6 is 15.9 Å². The molecule has 3 rings (SSSR count). The van der Waals surface area contributed by atoms with Crippen molar-refractivity contribution in [3.63, 3.8) is 0 Å². The minimum absolute atomic E-state index is 0.0497. The Morgan fingerprint density at radius 2 is 1.83 bits per heavy atom. The largest absolute Gasteiger partial charge is 0.452 e. The number of rotatable bonds is 6. The fourth-order valence-electron chi connectivity index (χ4n) is 3.17. The molecule has 1 saturated heterocycles. The Hall–Kier alpha value is -2.23. The van der Waals surface area contributed by atoms with Gasteiger partial charge in [0.1, 0.15) is 0 Å². The Kier molecular flexibility index (Phi) is 7.27. The van der Waals surface area contributed by atoms with Gasteiger partial charge in [0.2, 0.25) is 10.0 Å². The minimum atomic E-state index is -3.66. The van der Waals surface area contributed by atoms with E-state index in [0.717, 1.165) is 29.3 Å². The molecule has 30 heavy (non-hydrogen) atoms. The SMILES string of the molecule is Cc1cc(NC(=O)COC(=O)c2cccc(S(=O)(=O)N3CCCCC3)c2)ccc1Br. The summed E-state index contributed by atoms with van der Waals surface area (Å²) in [6, 6.07) is 11.0. The molecule has 1 aliphatic heterocycles. The molecule has 0 aliphatic carbocycles. The first kappa shape index (κ1) is 22.5. The second-order valence-electron chi connectivity index (χ2n) is 7.08. The summed E-state index contributed by atoms with van der Waals surface area (Å²) in [7, 11) is -3.66. The van der Waals surface area contributed by atoms with Gasteiger partial charge in [-0.1, -0.05) is 28.4 Å². The average molecular weight is 495 g/mol. The zero-order valence-electron chi connectivity index (χ0n) is 16.6. The van der Waals surface area contributed by atoms with E-state index in [0.29, 0.717) is 18.8 Å². The third-order valence-corrected chi connectivity index (χ3v) is 7.58. The van der Waals surface area contributed by atoms with Crippen molar-refractivity contribution in [2.45, 2.75) is 31.1 Å². The van der Waals surface area contributed by atoms with E-state index in [4.69, 9.17) is 4.74 Å². The summed E-state index contributed by atoms with van der Waals surface area (Å²) in [5, 5.41) is 2.66. The molecule has 1 heterocycles. The Bertz CT molecular complexity index is 1050. The number of hydrogen-bond acceptors (Lipinski definition) is 5. The fourth-order valence-corrected chi connectivity index (χ4v) is 4.98. The lowest BCUT2D eigenvalue weighted by atomic mass is 10.2. The Morgan fingerprint density at radius 1 is 1.10 bits per heavy atom. The predicted octanol–water partition coefficient (Wildman–Crippen LogP) is 3.73. The maximum atomic E-state index is 12.8. The lowest BCUT2D eigenvalue weighted by Gasteiger charge is -2.25. The number of halogens is 1. The first-order valence-electron chi connectivity index (χ1n) is 9.61. The summed E-state index contributed by atoms with van der Waals surface area (Å²) in [5.74, 6) is -1.24. The number of piperidine rings is 1. The van der Waals surface area contributed by atoms with Crippen LogP contribution in [0.15, 0.2) is 51.8 Å². The van der Waals surface area contributed by atoms with Crippen molar-refractivity contribution < 1.29 is 22.7 Å². The van der Waals surface area contributed by atoms with E-state index in [-0.39, 0.29) is 10.5 Å². The van der Waals surface area contributed by atoms with Crippen molar-refractivity contribution in [1.29, 1.82) is 0 Å². The number of nitrogens with zero attached hydrogens (tertiary/aromatic N) is 1. The van der Waals surface area contributed by atoms with Crippen molar-refractivity contribution in [1.82, 2.24) is 4.31 Å². The number of nitrogens with one attached hydrogen (secondary N) is 1. The van der Waals surface area contributed by atoms with E-state index in [1.165, 1.54) is 28.6 Å². The Labute approximate surface area is 184 Å². The lowest BCUT2D eigenvalue weighted by Crippen LogP contribution is -2.35. The highest BCUT2D eigenvalue weighted by Gasteiger charge is 2.26. The van der Waals surface area contributed by atoms with Gasteiger partial charge in [-0.05, 0) is 61.7 Å². The molecular weight excluding hydrogens is 472 g/mol. The molecule has 0 radical (unpaired) electrons. The molecule has 0 saturated carbocycles. The smallest absolute Gasteiger partial charge is 0.338 e. The van der Waals surface area contributed by atoms with Gasteiger partial charge in [-0.2, -0.15) is 4.31 Å². The van der Waals surface area contributed by atoms with Crippen LogP contribution in [-0.2, 0) is 19.6 Å². The third kappa shape index (κ3) is 5.47. The molecule has 0 atom stereocenters. The summed E-state index contributed by atoms with van der Waals surface area (Å²) in [6.45, 7) is 2.38. The predicted molar refractivity (Wildman–Crippen MR) is 117 cm³/mol. The Morgan fingerprint density at radius 3 is 2.53 bits per heavy atom. The number of sulfonamides is 1. The third-order valence-electron chi connectivity index (χ3n) is 4.80.